The number of piperidine rings is 1. The van der Waals surface area contributed by atoms with Crippen molar-refractivity contribution in [3.63, 3.8) is 0 Å². The first kappa shape index (κ1) is 10.9. The molecule has 1 unspecified atom stereocenters. The highest BCUT2D eigenvalue weighted by Crippen LogP contribution is 2.15. The number of carbonyl (C=O) groups excluding carboxylic acids is 2. The van der Waals surface area contributed by atoms with Gasteiger partial charge in [0.2, 0.25) is 0 Å². The van der Waals surface area contributed by atoms with Crippen LogP contribution in [-0.4, -0.2) is 41.5 Å². The van der Waals surface area contributed by atoms with E-state index in [0.717, 1.165) is 12.8 Å². The third-order valence-corrected chi connectivity index (χ3v) is 2.39. The highest BCUT2D eigenvalue weighted by atomic mass is 16.3. The summed E-state index contributed by atoms with van der Waals surface area (Å²) in [6.45, 7) is 1.04. The molecule has 0 aromatic carbocycles. The highest BCUT2D eigenvalue weighted by Gasteiger charge is 2.26. The molecule has 0 saturated carbocycles. The second-order valence-corrected chi connectivity index (χ2v) is 3.42. The lowest BCUT2D eigenvalue weighted by Gasteiger charge is -2.31. The third kappa shape index (κ3) is 2.43. The average molecular weight is 201 g/mol. The number of nitrogens with zero attached hydrogens (tertiary/aromatic N) is 1. The molecule has 80 valence electrons. The molecular weight excluding hydrogens is 186 g/mol. The van der Waals surface area contributed by atoms with Crippen molar-refractivity contribution in [2.24, 2.45) is 11.8 Å². The number of rotatable bonds is 1. The van der Waals surface area contributed by atoms with Crippen molar-refractivity contribution >= 4 is 11.8 Å². The van der Waals surface area contributed by atoms with Gasteiger partial charge in [-0.2, -0.15) is 0 Å². The molecule has 1 fully saturated rings. The lowest BCUT2D eigenvalue weighted by molar-refractivity contribution is -0.147. The van der Waals surface area contributed by atoms with E-state index in [1.807, 2.05) is 0 Å². The van der Waals surface area contributed by atoms with Crippen LogP contribution in [0.1, 0.15) is 12.8 Å². The molecule has 1 rings (SSSR count). The number of likely N-dealkylation sites (tertiary alicyclic amines) is 1. The topological polar surface area (TPSA) is 95.7 Å². The highest BCUT2D eigenvalue weighted by molar-refractivity contribution is 6.34. The van der Waals surface area contributed by atoms with E-state index >= 15 is 0 Å². The largest absolute Gasteiger partial charge is 0.396 e. The van der Waals surface area contributed by atoms with E-state index in [2.05, 4.69) is 0 Å². The van der Waals surface area contributed by atoms with Crippen LogP contribution in [0.3, 0.4) is 0 Å². The summed E-state index contributed by atoms with van der Waals surface area (Å²) in [5.74, 6) is 3.51. The molecule has 6 nitrogen and oxygen atoms in total. The minimum absolute atomic E-state index is 0.0496. The first-order chi connectivity index (χ1) is 6.69. The Bertz CT molecular complexity index is 232. The molecule has 1 aliphatic rings. The summed E-state index contributed by atoms with van der Waals surface area (Å²) < 4.78 is 0. The molecule has 0 aromatic rings. The van der Waals surface area contributed by atoms with Gasteiger partial charge >= 0.3 is 11.8 Å². The van der Waals surface area contributed by atoms with Crippen LogP contribution in [0, 0.1) is 5.92 Å². The summed E-state index contributed by atoms with van der Waals surface area (Å²) in [5, 5.41) is 8.92. The maximum atomic E-state index is 11.3. The van der Waals surface area contributed by atoms with Crippen molar-refractivity contribution in [2.75, 3.05) is 19.7 Å². The predicted octanol–water partition coefficient (Wildman–Crippen LogP) is -1.79. The SMILES string of the molecule is NNC(=O)C(=O)N1CCCC(CO)C1. The Kier molecular flexibility index (Phi) is 3.84. The summed E-state index contributed by atoms with van der Waals surface area (Å²) >= 11 is 0. The van der Waals surface area contributed by atoms with E-state index in [4.69, 9.17) is 10.9 Å². The van der Waals surface area contributed by atoms with Crippen LogP contribution in [0.4, 0.5) is 0 Å². The van der Waals surface area contributed by atoms with Gasteiger partial charge in [0.05, 0.1) is 0 Å². The number of hydrazine groups is 1. The zero-order chi connectivity index (χ0) is 10.6. The fourth-order valence-electron chi connectivity index (χ4n) is 1.60. The Labute approximate surface area is 82.0 Å². The predicted molar refractivity (Wildman–Crippen MR) is 48.7 cm³/mol. The van der Waals surface area contributed by atoms with Gasteiger partial charge in [0.15, 0.2) is 0 Å². The van der Waals surface area contributed by atoms with Crippen molar-refractivity contribution in [2.45, 2.75) is 12.8 Å². The molecule has 1 saturated heterocycles. The molecule has 1 aliphatic heterocycles. The number of hydrogen-bond acceptors (Lipinski definition) is 4. The lowest BCUT2D eigenvalue weighted by Crippen LogP contribution is -2.49. The zero-order valence-electron chi connectivity index (χ0n) is 7.90. The maximum absolute atomic E-state index is 11.3. The molecule has 6 heteroatoms. The Hall–Kier alpha value is -1.14. The van der Waals surface area contributed by atoms with Crippen molar-refractivity contribution in [1.29, 1.82) is 0 Å². The molecule has 1 heterocycles. The normalized spacial score (nSPS) is 21.9. The summed E-state index contributed by atoms with van der Waals surface area (Å²) in [5.41, 5.74) is 1.80. The second-order valence-electron chi connectivity index (χ2n) is 3.42. The Morgan fingerprint density at radius 2 is 2.29 bits per heavy atom. The number of aliphatic hydroxyl groups excluding tert-OH is 1. The maximum Gasteiger partial charge on any atom is 0.323 e. The molecule has 0 radical (unpaired) electrons. The Morgan fingerprint density at radius 3 is 2.86 bits per heavy atom. The molecule has 1 atom stereocenters. The summed E-state index contributed by atoms with van der Waals surface area (Å²) in [4.78, 5) is 23.7. The summed E-state index contributed by atoms with van der Waals surface area (Å²) in [7, 11) is 0. The molecule has 0 aromatic heterocycles. The van der Waals surface area contributed by atoms with Crippen LogP contribution in [-0.2, 0) is 9.59 Å². The van der Waals surface area contributed by atoms with Crippen LogP contribution in [0.25, 0.3) is 0 Å². The Morgan fingerprint density at radius 1 is 1.57 bits per heavy atom. The number of carbonyl (C=O) groups is 2. The van der Waals surface area contributed by atoms with Gasteiger partial charge in [0.1, 0.15) is 0 Å². The standard InChI is InChI=1S/C8H15N3O3/c9-10-7(13)8(14)11-3-1-2-6(4-11)5-12/h6,12H,1-5,9H2,(H,10,13). The van der Waals surface area contributed by atoms with Crippen molar-refractivity contribution in [1.82, 2.24) is 10.3 Å². The van der Waals surface area contributed by atoms with Gasteiger partial charge in [-0.15, -0.1) is 0 Å². The van der Waals surface area contributed by atoms with Crippen LogP contribution in [0.2, 0.25) is 0 Å². The lowest BCUT2D eigenvalue weighted by atomic mass is 9.99. The first-order valence-electron chi connectivity index (χ1n) is 4.59. The number of nitrogens with two attached hydrogens (primary N) is 1. The zero-order valence-corrected chi connectivity index (χ0v) is 7.90. The van der Waals surface area contributed by atoms with Crippen LogP contribution < -0.4 is 11.3 Å². The van der Waals surface area contributed by atoms with Crippen molar-refractivity contribution in [3.8, 4) is 0 Å². The number of aliphatic hydroxyl groups is 1. The van der Waals surface area contributed by atoms with E-state index in [-0.39, 0.29) is 12.5 Å². The van der Waals surface area contributed by atoms with E-state index < -0.39 is 11.8 Å². The second kappa shape index (κ2) is 4.92. The summed E-state index contributed by atoms with van der Waals surface area (Å²) in [6, 6.07) is 0. The fraction of sp³-hybridized carbons (Fsp3) is 0.750. The molecule has 4 N–H and O–H groups in total. The van der Waals surface area contributed by atoms with Gasteiger partial charge in [-0.3, -0.25) is 15.0 Å². The quantitative estimate of drug-likeness (QED) is 0.202. The summed E-state index contributed by atoms with van der Waals surface area (Å²) in [6.07, 6.45) is 1.71. The van der Waals surface area contributed by atoms with E-state index in [1.54, 1.807) is 5.43 Å². The first-order valence-corrected chi connectivity index (χ1v) is 4.59. The molecule has 14 heavy (non-hydrogen) atoms. The van der Waals surface area contributed by atoms with E-state index in [9.17, 15) is 9.59 Å². The molecular formula is C8H15N3O3. The number of hydrogen-bond donors (Lipinski definition) is 3. The fourth-order valence-corrected chi connectivity index (χ4v) is 1.60. The molecule has 0 bridgehead atoms. The minimum Gasteiger partial charge on any atom is -0.396 e. The molecule has 2 amide bonds. The average Bonchev–Trinajstić information content (AvgIpc) is 2.27. The van der Waals surface area contributed by atoms with E-state index in [1.165, 1.54) is 4.90 Å². The van der Waals surface area contributed by atoms with Gasteiger partial charge in [-0.1, -0.05) is 0 Å². The molecule has 0 aliphatic carbocycles. The van der Waals surface area contributed by atoms with Gasteiger partial charge in [-0.05, 0) is 18.8 Å². The van der Waals surface area contributed by atoms with Crippen molar-refractivity contribution < 1.29 is 14.7 Å². The van der Waals surface area contributed by atoms with Gasteiger partial charge in [0, 0.05) is 19.7 Å². The van der Waals surface area contributed by atoms with E-state index in [0.29, 0.717) is 13.1 Å². The van der Waals surface area contributed by atoms with Gasteiger partial charge < -0.3 is 10.0 Å². The monoisotopic (exact) mass is 201 g/mol. The number of nitrogens with one attached hydrogen (secondary N) is 1. The molecule has 0 spiro atoms. The van der Waals surface area contributed by atoms with Crippen molar-refractivity contribution in [3.05, 3.63) is 0 Å². The third-order valence-electron chi connectivity index (χ3n) is 2.39. The van der Waals surface area contributed by atoms with Gasteiger partial charge in [0.25, 0.3) is 0 Å². The van der Waals surface area contributed by atoms with Crippen LogP contribution in [0.15, 0.2) is 0 Å². The van der Waals surface area contributed by atoms with Crippen LogP contribution in [0.5, 0.6) is 0 Å². The minimum atomic E-state index is -0.802. The van der Waals surface area contributed by atoms with Gasteiger partial charge in [-0.25, -0.2) is 5.84 Å². The number of amides is 2. The van der Waals surface area contributed by atoms with Crippen LogP contribution >= 0.6 is 0 Å². The smallest absolute Gasteiger partial charge is 0.323 e. The Balaban J connectivity index is 2.51.